The number of fused-ring (bicyclic) bond motifs is 2. The summed E-state index contributed by atoms with van der Waals surface area (Å²) in [5.74, 6) is 0.850. The van der Waals surface area contributed by atoms with Crippen LogP contribution in [0.1, 0.15) is 5.56 Å². The molecule has 0 unspecified atom stereocenters. The second-order valence-electron chi connectivity index (χ2n) is 6.24. The lowest BCUT2D eigenvalue weighted by atomic mass is 9.91. The first-order chi connectivity index (χ1) is 12.3. The molecular formula is C23H20O2. The Labute approximate surface area is 147 Å². The van der Waals surface area contributed by atoms with Crippen LogP contribution in [0.2, 0.25) is 0 Å². The molecule has 0 atom stereocenters. The van der Waals surface area contributed by atoms with Crippen molar-refractivity contribution in [3.8, 4) is 16.9 Å². The maximum absolute atomic E-state index is 5.90. The topological polar surface area (TPSA) is 18.5 Å². The molecule has 0 spiro atoms. The summed E-state index contributed by atoms with van der Waals surface area (Å²) < 4.78 is 11.0. The summed E-state index contributed by atoms with van der Waals surface area (Å²) in [6.45, 7) is 2.31. The molecule has 25 heavy (non-hydrogen) atoms. The molecule has 0 amide bonds. The summed E-state index contributed by atoms with van der Waals surface area (Å²) >= 11 is 0. The predicted octanol–water partition coefficient (Wildman–Crippen LogP) is 5.95. The third-order valence-corrected chi connectivity index (χ3v) is 4.51. The molecule has 0 radical (unpaired) electrons. The molecule has 0 heterocycles. The van der Waals surface area contributed by atoms with Gasteiger partial charge in [-0.1, -0.05) is 60.7 Å². The molecule has 124 valence electrons. The van der Waals surface area contributed by atoms with E-state index in [9.17, 15) is 0 Å². The van der Waals surface area contributed by atoms with Gasteiger partial charge in [0.15, 0.2) is 6.79 Å². The zero-order valence-electron chi connectivity index (χ0n) is 14.5. The standard InChI is InChI=1S/C23H20O2/c1-16-11-12-21(22(13-16)25-15-24-2)23-19-9-5-3-7-17(19)14-18-8-4-6-10-20(18)23/h3-14H,15H2,1-2H3. The minimum atomic E-state index is 0.235. The van der Waals surface area contributed by atoms with Crippen molar-refractivity contribution in [3.63, 3.8) is 0 Å². The molecule has 4 rings (SSSR count). The normalized spacial score (nSPS) is 11.1. The first kappa shape index (κ1) is 15.7. The minimum Gasteiger partial charge on any atom is -0.467 e. The molecule has 4 aromatic rings. The Hall–Kier alpha value is -2.84. The van der Waals surface area contributed by atoms with E-state index in [0.29, 0.717) is 0 Å². The number of methoxy groups -OCH3 is 1. The number of benzene rings is 4. The summed E-state index contributed by atoms with van der Waals surface area (Å²) in [6.07, 6.45) is 0. The minimum absolute atomic E-state index is 0.235. The average Bonchev–Trinajstić information content (AvgIpc) is 2.65. The summed E-state index contributed by atoms with van der Waals surface area (Å²) in [4.78, 5) is 0. The van der Waals surface area contributed by atoms with Crippen LogP contribution in [-0.2, 0) is 4.74 Å². The monoisotopic (exact) mass is 328 g/mol. The molecular weight excluding hydrogens is 308 g/mol. The van der Waals surface area contributed by atoms with Gasteiger partial charge in [0.2, 0.25) is 0 Å². The molecule has 0 bridgehead atoms. The molecule has 2 heteroatoms. The molecule has 0 saturated heterocycles. The number of ether oxygens (including phenoxy) is 2. The van der Waals surface area contributed by atoms with Gasteiger partial charge >= 0.3 is 0 Å². The Kier molecular flexibility index (Phi) is 4.12. The molecule has 0 N–H and O–H groups in total. The zero-order valence-corrected chi connectivity index (χ0v) is 14.5. The summed E-state index contributed by atoms with van der Waals surface area (Å²) in [5, 5.41) is 4.92. The number of aryl methyl sites for hydroxylation is 1. The van der Waals surface area contributed by atoms with Crippen LogP contribution in [0.5, 0.6) is 5.75 Å². The third kappa shape index (κ3) is 2.86. The van der Waals surface area contributed by atoms with Crippen molar-refractivity contribution in [1.82, 2.24) is 0 Å². The van der Waals surface area contributed by atoms with Gasteiger partial charge in [-0.3, -0.25) is 0 Å². The lowest BCUT2D eigenvalue weighted by Gasteiger charge is -2.16. The second kappa shape index (κ2) is 6.58. The molecule has 0 aliphatic rings. The fourth-order valence-corrected chi connectivity index (χ4v) is 3.38. The number of hydrogen-bond donors (Lipinski definition) is 0. The smallest absolute Gasteiger partial charge is 0.188 e. The van der Waals surface area contributed by atoms with Crippen molar-refractivity contribution in [2.75, 3.05) is 13.9 Å². The molecule has 2 nitrogen and oxygen atoms in total. The predicted molar refractivity (Wildman–Crippen MR) is 104 cm³/mol. The molecule has 0 fully saturated rings. The van der Waals surface area contributed by atoms with E-state index < -0.39 is 0 Å². The Morgan fingerprint density at radius 3 is 2.04 bits per heavy atom. The number of rotatable bonds is 4. The highest BCUT2D eigenvalue weighted by atomic mass is 16.7. The summed E-state index contributed by atoms with van der Waals surface area (Å²) in [7, 11) is 1.64. The van der Waals surface area contributed by atoms with E-state index in [1.165, 1.54) is 32.7 Å². The first-order valence-electron chi connectivity index (χ1n) is 8.41. The summed E-state index contributed by atoms with van der Waals surface area (Å²) in [6, 6.07) is 25.6. The van der Waals surface area contributed by atoms with E-state index in [1.807, 2.05) is 0 Å². The molecule has 4 aromatic carbocycles. The van der Waals surface area contributed by atoms with Gasteiger partial charge in [-0.25, -0.2) is 0 Å². The van der Waals surface area contributed by atoms with Gasteiger partial charge in [-0.15, -0.1) is 0 Å². The SMILES string of the molecule is COCOc1cc(C)ccc1-c1c2ccccc2cc2ccccc12. The largest absolute Gasteiger partial charge is 0.467 e. The zero-order chi connectivity index (χ0) is 17.2. The van der Waals surface area contributed by atoms with Crippen LogP contribution < -0.4 is 4.74 Å². The van der Waals surface area contributed by atoms with Crippen molar-refractivity contribution in [2.45, 2.75) is 6.92 Å². The molecule has 0 aliphatic carbocycles. The van der Waals surface area contributed by atoms with Gasteiger partial charge in [0.05, 0.1) is 0 Å². The van der Waals surface area contributed by atoms with E-state index in [-0.39, 0.29) is 6.79 Å². The second-order valence-corrected chi connectivity index (χ2v) is 6.24. The van der Waals surface area contributed by atoms with E-state index in [1.54, 1.807) is 7.11 Å². The highest BCUT2D eigenvalue weighted by molar-refractivity contribution is 6.13. The van der Waals surface area contributed by atoms with E-state index in [4.69, 9.17) is 9.47 Å². The summed E-state index contributed by atoms with van der Waals surface area (Å²) in [5.41, 5.74) is 3.47. The fourth-order valence-electron chi connectivity index (χ4n) is 3.38. The fraction of sp³-hybridized carbons (Fsp3) is 0.130. The Morgan fingerprint density at radius 2 is 1.40 bits per heavy atom. The van der Waals surface area contributed by atoms with Crippen molar-refractivity contribution in [1.29, 1.82) is 0 Å². The Balaban J connectivity index is 2.08. The van der Waals surface area contributed by atoms with E-state index >= 15 is 0 Å². The van der Waals surface area contributed by atoms with E-state index in [2.05, 4.69) is 79.7 Å². The van der Waals surface area contributed by atoms with Gasteiger partial charge in [-0.05, 0) is 46.2 Å². The highest BCUT2D eigenvalue weighted by Gasteiger charge is 2.14. The molecule has 0 aliphatic heterocycles. The van der Waals surface area contributed by atoms with Crippen LogP contribution in [0.4, 0.5) is 0 Å². The average molecular weight is 328 g/mol. The van der Waals surface area contributed by atoms with Crippen molar-refractivity contribution in [2.24, 2.45) is 0 Å². The van der Waals surface area contributed by atoms with Crippen LogP contribution in [0.15, 0.2) is 72.8 Å². The quantitative estimate of drug-likeness (QED) is 0.340. The van der Waals surface area contributed by atoms with Crippen LogP contribution in [0, 0.1) is 6.92 Å². The van der Waals surface area contributed by atoms with Gasteiger partial charge in [0, 0.05) is 18.2 Å². The third-order valence-electron chi connectivity index (χ3n) is 4.51. The lowest BCUT2D eigenvalue weighted by Crippen LogP contribution is -2.01. The Morgan fingerprint density at radius 1 is 0.760 bits per heavy atom. The maximum atomic E-state index is 5.90. The van der Waals surface area contributed by atoms with E-state index in [0.717, 1.165) is 11.3 Å². The van der Waals surface area contributed by atoms with Gasteiger partial charge in [0.25, 0.3) is 0 Å². The van der Waals surface area contributed by atoms with Gasteiger partial charge in [0.1, 0.15) is 5.75 Å². The van der Waals surface area contributed by atoms with Crippen LogP contribution in [-0.4, -0.2) is 13.9 Å². The highest BCUT2D eigenvalue weighted by Crippen LogP contribution is 2.40. The van der Waals surface area contributed by atoms with Crippen LogP contribution in [0.3, 0.4) is 0 Å². The van der Waals surface area contributed by atoms with Crippen molar-refractivity contribution >= 4 is 21.5 Å². The lowest BCUT2D eigenvalue weighted by molar-refractivity contribution is 0.0515. The van der Waals surface area contributed by atoms with Crippen molar-refractivity contribution < 1.29 is 9.47 Å². The van der Waals surface area contributed by atoms with Crippen molar-refractivity contribution in [3.05, 3.63) is 78.4 Å². The first-order valence-corrected chi connectivity index (χ1v) is 8.41. The number of hydrogen-bond acceptors (Lipinski definition) is 2. The maximum Gasteiger partial charge on any atom is 0.188 e. The van der Waals surface area contributed by atoms with Gasteiger partial charge < -0.3 is 9.47 Å². The van der Waals surface area contributed by atoms with Crippen LogP contribution >= 0.6 is 0 Å². The van der Waals surface area contributed by atoms with Crippen LogP contribution in [0.25, 0.3) is 32.7 Å². The Bertz CT molecular complexity index is 996. The molecule has 0 saturated carbocycles. The van der Waals surface area contributed by atoms with Gasteiger partial charge in [-0.2, -0.15) is 0 Å². The molecule has 0 aromatic heterocycles.